The molecule has 1 fully saturated rings. The smallest absolute Gasteiger partial charge is 0.135 e. The number of furan rings is 1. The molecule has 122 valence electrons. The van der Waals surface area contributed by atoms with Gasteiger partial charge in [-0.15, -0.1) is 0 Å². The molecule has 24 heavy (non-hydrogen) atoms. The number of fused-ring (bicyclic) bond motifs is 3. The average molecular weight is 320 g/mol. The van der Waals surface area contributed by atoms with E-state index < -0.39 is 0 Å². The molecule has 3 aromatic rings. The maximum atomic E-state index is 6.36. The lowest BCUT2D eigenvalue weighted by Crippen LogP contribution is -2.26. The lowest BCUT2D eigenvalue weighted by molar-refractivity contribution is 0.115. The molecule has 1 aromatic heterocycles. The molecular weight excluding hydrogens is 300 g/mol. The van der Waals surface area contributed by atoms with Crippen molar-refractivity contribution in [1.82, 2.24) is 0 Å². The van der Waals surface area contributed by atoms with Gasteiger partial charge in [-0.2, -0.15) is 0 Å². The maximum Gasteiger partial charge on any atom is 0.135 e. The van der Waals surface area contributed by atoms with Crippen molar-refractivity contribution in [3.63, 3.8) is 0 Å². The van der Waals surface area contributed by atoms with Gasteiger partial charge in [0.05, 0.1) is 7.11 Å². The first-order valence-corrected chi connectivity index (χ1v) is 8.55. The molecular formula is C21H20O3. The molecule has 0 amide bonds. The molecule has 0 N–H and O–H groups in total. The molecule has 0 bridgehead atoms. The second-order valence-corrected chi connectivity index (χ2v) is 7.12. The Kier molecular flexibility index (Phi) is 2.79. The molecule has 0 unspecified atom stereocenters. The number of rotatable bonds is 3. The van der Waals surface area contributed by atoms with E-state index in [0.717, 1.165) is 29.3 Å². The van der Waals surface area contributed by atoms with Crippen LogP contribution in [0.5, 0.6) is 11.5 Å². The standard InChI is InChI=1S/C21H20O3/c1-21(14-5-7-15(22-2)8-6-14)12-17-16-11-20(13-3-4-13)23-18(16)9-10-19(17)24-21/h5-11,13H,3-4,12H2,1-2H3/t21-/m0/s1. The summed E-state index contributed by atoms with van der Waals surface area (Å²) >= 11 is 0. The number of hydrogen-bond donors (Lipinski definition) is 0. The number of hydrogen-bond acceptors (Lipinski definition) is 3. The summed E-state index contributed by atoms with van der Waals surface area (Å²) in [5.41, 5.74) is 3.07. The van der Waals surface area contributed by atoms with Crippen molar-refractivity contribution in [2.75, 3.05) is 7.11 Å². The van der Waals surface area contributed by atoms with Crippen LogP contribution in [-0.2, 0) is 12.0 Å². The van der Waals surface area contributed by atoms with Crippen LogP contribution in [0.4, 0.5) is 0 Å². The van der Waals surface area contributed by atoms with Gasteiger partial charge in [0.15, 0.2) is 0 Å². The zero-order chi connectivity index (χ0) is 16.3. The Morgan fingerprint density at radius 3 is 2.58 bits per heavy atom. The van der Waals surface area contributed by atoms with Gasteiger partial charge in [0.2, 0.25) is 0 Å². The Morgan fingerprint density at radius 2 is 1.88 bits per heavy atom. The quantitative estimate of drug-likeness (QED) is 0.667. The number of methoxy groups -OCH3 is 1. The van der Waals surface area contributed by atoms with E-state index in [9.17, 15) is 0 Å². The summed E-state index contributed by atoms with van der Waals surface area (Å²) < 4.78 is 17.7. The van der Waals surface area contributed by atoms with E-state index in [4.69, 9.17) is 13.9 Å². The molecule has 1 aliphatic carbocycles. The summed E-state index contributed by atoms with van der Waals surface area (Å²) in [6, 6.07) is 14.5. The highest BCUT2D eigenvalue weighted by Crippen LogP contribution is 2.48. The third-order valence-corrected chi connectivity index (χ3v) is 5.32. The van der Waals surface area contributed by atoms with Crippen molar-refractivity contribution < 1.29 is 13.9 Å². The summed E-state index contributed by atoms with van der Waals surface area (Å²) in [4.78, 5) is 0. The molecule has 1 aliphatic heterocycles. The minimum absolute atomic E-state index is 0.347. The Bertz CT molecular complexity index is 918. The van der Waals surface area contributed by atoms with Crippen molar-refractivity contribution in [1.29, 1.82) is 0 Å². The lowest BCUT2D eigenvalue weighted by Gasteiger charge is -2.24. The van der Waals surface area contributed by atoms with Crippen molar-refractivity contribution in [3.8, 4) is 11.5 Å². The fourth-order valence-electron chi connectivity index (χ4n) is 3.74. The van der Waals surface area contributed by atoms with Gasteiger partial charge in [-0.3, -0.25) is 0 Å². The van der Waals surface area contributed by atoms with E-state index in [1.807, 2.05) is 24.3 Å². The zero-order valence-corrected chi connectivity index (χ0v) is 14.0. The fourth-order valence-corrected chi connectivity index (χ4v) is 3.74. The molecule has 1 saturated carbocycles. The average Bonchev–Trinajstić information content (AvgIpc) is 3.25. The molecule has 0 spiro atoms. The van der Waals surface area contributed by atoms with Gasteiger partial charge in [-0.25, -0.2) is 0 Å². The van der Waals surface area contributed by atoms with Crippen LogP contribution in [0.15, 0.2) is 46.9 Å². The van der Waals surface area contributed by atoms with Crippen LogP contribution in [0.2, 0.25) is 0 Å². The second kappa shape index (κ2) is 4.79. The van der Waals surface area contributed by atoms with E-state index in [0.29, 0.717) is 5.92 Å². The Balaban J connectivity index is 1.55. The first-order valence-electron chi connectivity index (χ1n) is 8.55. The van der Waals surface area contributed by atoms with E-state index >= 15 is 0 Å². The van der Waals surface area contributed by atoms with Gasteiger partial charge in [0, 0.05) is 23.3 Å². The molecule has 0 saturated heterocycles. The highest BCUT2D eigenvalue weighted by molar-refractivity contribution is 5.85. The molecule has 5 rings (SSSR count). The summed E-state index contributed by atoms with van der Waals surface area (Å²) in [5.74, 6) is 3.60. The first-order chi connectivity index (χ1) is 11.7. The second-order valence-electron chi connectivity index (χ2n) is 7.12. The Morgan fingerprint density at radius 1 is 1.08 bits per heavy atom. The summed E-state index contributed by atoms with van der Waals surface area (Å²) in [7, 11) is 1.69. The van der Waals surface area contributed by atoms with E-state index in [1.165, 1.54) is 29.4 Å². The van der Waals surface area contributed by atoms with E-state index in [2.05, 4.69) is 25.1 Å². The monoisotopic (exact) mass is 320 g/mol. The summed E-state index contributed by atoms with van der Waals surface area (Å²) in [6.45, 7) is 2.16. The van der Waals surface area contributed by atoms with Crippen molar-refractivity contribution in [3.05, 3.63) is 59.4 Å². The summed E-state index contributed by atoms with van der Waals surface area (Å²) in [5, 5.41) is 1.21. The van der Waals surface area contributed by atoms with Crippen LogP contribution in [0.1, 0.15) is 42.6 Å². The maximum absolute atomic E-state index is 6.36. The normalized spacial score (nSPS) is 22.4. The van der Waals surface area contributed by atoms with Crippen LogP contribution in [0.25, 0.3) is 11.0 Å². The Hall–Kier alpha value is -2.42. The van der Waals surface area contributed by atoms with Gasteiger partial charge in [-0.1, -0.05) is 12.1 Å². The van der Waals surface area contributed by atoms with Crippen molar-refractivity contribution in [2.24, 2.45) is 0 Å². The SMILES string of the molecule is COc1ccc([C@]2(C)Cc3c(ccc4oc(C5CC5)cc34)O2)cc1. The van der Waals surface area contributed by atoms with Crippen LogP contribution in [0, 0.1) is 0 Å². The predicted molar refractivity (Wildman–Crippen MR) is 92.9 cm³/mol. The zero-order valence-electron chi connectivity index (χ0n) is 14.0. The van der Waals surface area contributed by atoms with Crippen LogP contribution in [-0.4, -0.2) is 7.11 Å². The third kappa shape index (κ3) is 2.04. The topological polar surface area (TPSA) is 31.6 Å². The highest BCUT2D eigenvalue weighted by Gasteiger charge is 2.38. The third-order valence-electron chi connectivity index (χ3n) is 5.32. The van der Waals surface area contributed by atoms with Gasteiger partial charge < -0.3 is 13.9 Å². The molecule has 2 aromatic carbocycles. The van der Waals surface area contributed by atoms with E-state index in [1.54, 1.807) is 7.11 Å². The van der Waals surface area contributed by atoms with Gasteiger partial charge in [-0.05, 0) is 55.7 Å². The number of benzene rings is 2. The fraction of sp³-hybridized carbons (Fsp3) is 0.333. The minimum atomic E-state index is -0.347. The van der Waals surface area contributed by atoms with Gasteiger partial charge >= 0.3 is 0 Å². The molecule has 3 heteroatoms. The lowest BCUT2D eigenvalue weighted by atomic mass is 9.90. The summed E-state index contributed by atoms with van der Waals surface area (Å²) in [6.07, 6.45) is 3.36. The first kappa shape index (κ1) is 14.0. The van der Waals surface area contributed by atoms with Crippen LogP contribution in [0.3, 0.4) is 0 Å². The molecule has 2 aliphatic rings. The predicted octanol–water partition coefficient (Wildman–Crippen LogP) is 5.17. The van der Waals surface area contributed by atoms with Gasteiger partial charge in [0.25, 0.3) is 0 Å². The van der Waals surface area contributed by atoms with Gasteiger partial charge in [0.1, 0.15) is 28.4 Å². The van der Waals surface area contributed by atoms with Crippen molar-refractivity contribution in [2.45, 2.75) is 37.7 Å². The molecule has 3 nitrogen and oxygen atoms in total. The van der Waals surface area contributed by atoms with Crippen LogP contribution < -0.4 is 9.47 Å². The molecule has 2 heterocycles. The highest BCUT2D eigenvalue weighted by atomic mass is 16.5. The number of ether oxygens (including phenoxy) is 2. The van der Waals surface area contributed by atoms with E-state index in [-0.39, 0.29) is 5.60 Å². The molecule has 1 atom stereocenters. The van der Waals surface area contributed by atoms with Crippen LogP contribution >= 0.6 is 0 Å². The largest absolute Gasteiger partial charge is 0.497 e. The Labute approximate surface area is 141 Å². The minimum Gasteiger partial charge on any atom is -0.497 e. The molecule has 0 radical (unpaired) electrons. The van der Waals surface area contributed by atoms with Crippen molar-refractivity contribution >= 4 is 11.0 Å².